The number of para-hydroxylation sites is 1. The summed E-state index contributed by atoms with van der Waals surface area (Å²) in [7, 11) is 1.60. The summed E-state index contributed by atoms with van der Waals surface area (Å²) in [4.78, 5) is 27.9. The summed E-state index contributed by atoms with van der Waals surface area (Å²) >= 11 is 1.49. The number of anilines is 1. The van der Waals surface area contributed by atoms with Gasteiger partial charge in [-0.1, -0.05) is 62.7 Å². The second-order valence-electron chi connectivity index (χ2n) is 11.0. The normalized spacial score (nSPS) is 17.1. The van der Waals surface area contributed by atoms with Crippen LogP contribution in [0.3, 0.4) is 0 Å². The van der Waals surface area contributed by atoms with Crippen LogP contribution in [0, 0.1) is 5.92 Å². The molecule has 2 amide bonds. The molecule has 45 heavy (non-hydrogen) atoms. The highest BCUT2D eigenvalue weighted by molar-refractivity contribution is 7.97. The topological polar surface area (TPSA) is 91.3 Å². The molecule has 1 saturated heterocycles. The van der Waals surface area contributed by atoms with Crippen molar-refractivity contribution in [3.63, 3.8) is 0 Å². The lowest BCUT2D eigenvalue weighted by atomic mass is 10.0. The van der Waals surface area contributed by atoms with Gasteiger partial charge in [-0.2, -0.15) is 13.2 Å². The molecule has 0 saturated carbocycles. The van der Waals surface area contributed by atoms with Gasteiger partial charge < -0.3 is 19.9 Å². The van der Waals surface area contributed by atoms with Gasteiger partial charge in [0, 0.05) is 18.0 Å². The van der Waals surface area contributed by atoms with Crippen LogP contribution in [0.4, 0.5) is 23.7 Å². The third-order valence-corrected chi connectivity index (χ3v) is 8.63. The van der Waals surface area contributed by atoms with Crippen LogP contribution in [0.5, 0.6) is 5.75 Å². The molecule has 3 aromatic rings. The summed E-state index contributed by atoms with van der Waals surface area (Å²) in [6, 6.07) is 20.8. The average Bonchev–Trinajstić information content (AvgIpc) is 3.42. The fourth-order valence-electron chi connectivity index (χ4n) is 4.92. The number of aliphatic hydroxyl groups excluding tert-OH is 1. The molecule has 4 rings (SSSR count). The highest BCUT2D eigenvalue weighted by Crippen LogP contribution is 2.38. The Morgan fingerprint density at radius 1 is 1.09 bits per heavy atom. The second-order valence-corrected chi connectivity index (χ2v) is 12.2. The largest absolute Gasteiger partial charge is 0.497 e. The Kier molecular flexibility index (Phi) is 11.8. The molecule has 4 unspecified atom stereocenters. The Morgan fingerprint density at radius 3 is 2.40 bits per heavy atom. The van der Waals surface area contributed by atoms with Crippen LogP contribution in [0.25, 0.3) is 0 Å². The number of aliphatic hydroxyl groups is 1. The number of ether oxygens (including phenoxy) is 2. The number of nitrogens with one attached hydrogen (secondary N) is 1. The van der Waals surface area contributed by atoms with Crippen LogP contribution in [0.1, 0.15) is 31.4 Å². The summed E-state index contributed by atoms with van der Waals surface area (Å²) < 4.78 is 53.4. The number of amides is 2. The molecule has 1 fully saturated rings. The van der Waals surface area contributed by atoms with E-state index in [4.69, 9.17) is 9.47 Å². The number of methoxy groups -OCH3 is 1. The second kappa shape index (κ2) is 15.5. The summed E-state index contributed by atoms with van der Waals surface area (Å²) in [5, 5.41) is 14.4. The minimum Gasteiger partial charge on any atom is -0.497 e. The zero-order chi connectivity index (χ0) is 32.6. The number of carbonyl (C=O) groups is 2. The molecule has 3 aromatic carbocycles. The lowest BCUT2D eigenvalue weighted by Gasteiger charge is -2.31. The van der Waals surface area contributed by atoms with Gasteiger partial charge in [0.15, 0.2) is 6.10 Å². The Labute approximate surface area is 265 Å². The Hall–Kier alpha value is -3.74. The first-order chi connectivity index (χ1) is 21.5. The SMILES string of the molecule is CCC(C)CN(CC(O)C(Cc1ccccc1)NC(=O)C1CN(c2ccccc2C(F)(F)F)C(=O)O1)Sc1ccc(OC)cc1. The van der Waals surface area contributed by atoms with Gasteiger partial charge >= 0.3 is 12.3 Å². The van der Waals surface area contributed by atoms with Crippen LogP contribution in [0.2, 0.25) is 0 Å². The van der Waals surface area contributed by atoms with Crippen molar-refractivity contribution in [2.75, 3.05) is 31.6 Å². The van der Waals surface area contributed by atoms with Gasteiger partial charge in [-0.25, -0.2) is 9.10 Å². The third-order valence-electron chi connectivity index (χ3n) is 7.59. The van der Waals surface area contributed by atoms with Crippen LogP contribution in [-0.4, -0.2) is 66.4 Å². The quantitative estimate of drug-likeness (QED) is 0.202. The van der Waals surface area contributed by atoms with Crippen molar-refractivity contribution in [2.24, 2.45) is 5.92 Å². The van der Waals surface area contributed by atoms with E-state index in [1.165, 1.54) is 30.1 Å². The average molecular weight is 646 g/mol. The molecule has 4 atom stereocenters. The number of rotatable bonds is 14. The van der Waals surface area contributed by atoms with Crippen LogP contribution < -0.4 is 15.0 Å². The third kappa shape index (κ3) is 9.38. The highest BCUT2D eigenvalue weighted by atomic mass is 32.2. The molecule has 8 nitrogen and oxygen atoms in total. The number of alkyl halides is 3. The van der Waals surface area contributed by atoms with Crippen LogP contribution in [-0.2, 0) is 22.1 Å². The highest BCUT2D eigenvalue weighted by Gasteiger charge is 2.42. The fraction of sp³-hybridized carbons (Fsp3) is 0.394. The molecule has 242 valence electrons. The minimum atomic E-state index is -4.70. The van der Waals surface area contributed by atoms with E-state index in [-0.39, 0.29) is 18.7 Å². The number of benzene rings is 3. The predicted molar refractivity (Wildman–Crippen MR) is 167 cm³/mol. The molecule has 0 aliphatic carbocycles. The Bertz CT molecular complexity index is 1410. The molecule has 12 heteroatoms. The molecule has 1 heterocycles. The van der Waals surface area contributed by atoms with Crippen LogP contribution in [0.15, 0.2) is 83.8 Å². The van der Waals surface area contributed by atoms with Crippen molar-refractivity contribution in [1.29, 1.82) is 0 Å². The lowest BCUT2D eigenvalue weighted by Crippen LogP contribution is -2.52. The van der Waals surface area contributed by atoms with Crippen molar-refractivity contribution in [1.82, 2.24) is 9.62 Å². The van der Waals surface area contributed by atoms with Gasteiger partial charge in [-0.05, 0) is 66.2 Å². The van der Waals surface area contributed by atoms with Gasteiger partial charge in [-0.15, -0.1) is 0 Å². The van der Waals surface area contributed by atoms with Crippen molar-refractivity contribution < 1.29 is 37.3 Å². The number of halogens is 3. The summed E-state index contributed by atoms with van der Waals surface area (Å²) in [6.07, 6.45) is -6.95. The number of hydrogen-bond donors (Lipinski definition) is 2. The molecule has 2 N–H and O–H groups in total. The Morgan fingerprint density at radius 2 is 1.76 bits per heavy atom. The fourth-order valence-corrected chi connectivity index (χ4v) is 6.03. The molecular formula is C33H38F3N3O5S. The lowest BCUT2D eigenvalue weighted by molar-refractivity contribution is -0.137. The van der Waals surface area contributed by atoms with Gasteiger partial charge in [-0.3, -0.25) is 9.69 Å². The molecule has 1 aliphatic rings. The minimum absolute atomic E-state index is 0.203. The summed E-state index contributed by atoms with van der Waals surface area (Å²) in [6.45, 7) is 4.68. The van der Waals surface area contributed by atoms with E-state index in [0.717, 1.165) is 33.6 Å². The molecular weight excluding hydrogens is 607 g/mol. The number of cyclic esters (lactones) is 1. The van der Waals surface area contributed by atoms with E-state index in [0.29, 0.717) is 12.5 Å². The Balaban J connectivity index is 1.51. The standard InChI is InChI=1S/C33H38F3N3O5S/c1-4-22(2)19-38(45-25-16-14-24(43-3)15-17-25)20-29(40)27(18-23-10-6-5-7-11-23)37-31(41)30-21-39(32(42)44-30)28-13-9-8-12-26(28)33(34,35)36/h5-17,22,27,29-30,40H,4,18-21H2,1-3H3,(H,37,41). The number of hydrogen-bond acceptors (Lipinski definition) is 7. The maximum absolute atomic E-state index is 13.6. The van der Waals surface area contributed by atoms with E-state index >= 15 is 0 Å². The number of nitrogens with zero attached hydrogens (tertiary/aromatic N) is 2. The molecule has 0 spiro atoms. The molecule has 0 bridgehead atoms. The van der Waals surface area contributed by atoms with E-state index in [2.05, 4.69) is 23.5 Å². The van der Waals surface area contributed by atoms with E-state index in [1.54, 1.807) is 7.11 Å². The molecule has 0 aromatic heterocycles. The van der Waals surface area contributed by atoms with Gasteiger partial charge in [0.2, 0.25) is 0 Å². The maximum atomic E-state index is 13.6. The van der Waals surface area contributed by atoms with Gasteiger partial charge in [0.25, 0.3) is 5.91 Å². The smallest absolute Gasteiger partial charge is 0.418 e. The molecule has 0 radical (unpaired) electrons. The summed E-state index contributed by atoms with van der Waals surface area (Å²) in [5.74, 6) is 0.353. The van der Waals surface area contributed by atoms with E-state index in [9.17, 15) is 27.9 Å². The van der Waals surface area contributed by atoms with Gasteiger partial charge in [0.05, 0.1) is 37.1 Å². The van der Waals surface area contributed by atoms with Gasteiger partial charge in [0.1, 0.15) is 5.75 Å². The zero-order valence-corrected chi connectivity index (χ0v) is 26.2. The first kappa shape index (κ1) is 34.1. The monoisotopic (exact) mass is 645 g/mol. The van der Waals surface area contributed by atoms with Crippen molar-refractivity contribution in [3.05, 3.63) is 90.0 Å². The molecule has 1 aliphatic heterocycles. The van der Waals surface area contributed by atoms with Crippen molar-refractivity contribution >= 4 is 29.6 Å². The van der Waals surface area contributed by atoms with Crippen molar-refractivity contribution in [3.8, 4) is 5.75 Å². The number of carbonyl (C=O) groups excluding carboxylic acids is 2. The van der Waals surface area contributed by atoms with E-state index in [1.807, 2.05) is 54.6 Å². The maximum Gasteiger partial charge on any atom is 0.418 e. The van der Waals surface area contributed by atoms with Crippen molar-refractivity contribution in [2.45, 2.75) is 56.0 Å². The first-order valence-corrected chi connectivity index (χ1v) is 15.5. The zero-order valence-electron chi connectivity index (χ0n) is 25.4. The van der Waals surface area contributed by atoms with E-state index < -0.39 is 48.5 Å². The summed E-state index contributed by atoms with van der Waals surface area (Å²) in [5.41, 5.74) is -0.527. The van der Waals surface area contributed by atoms with Crippen LogP contribution >= 0.6 is 11.9 Å². The first-order valence-electron chi connectivity index (χ1n) is 14.7. The predicted octanol–water partition coefficient (Wildman–Crippen LogP) is 6.18.